The summed E-state index contributed by atoms with van der Waals surface area (Å²) < 4.78 is 23.7. The molecule has 14 heteroatoms. The van der Waals surface area contributed by atoms with Crippen LogP contribution in [0.5, 0.6) is 23.0 Å². The van der Waals surface area contributed by atoms with Crippen LogP contribution in [-0.4, -0.2) is 98.5 Å². The fourth-order valence-corrected chi connectivity index (χ4v) is 8.38. The number of nitrogens with zero attached hydrogens (tertiary/aromatic N) is 1. The van der Waals surface area contributed by atoms with Gasteiger partial charge in [-0.1, -0.05) is 52.8 Å². The molecule has 1 saturated heterocycles. The minimum atomic E-state index is -2.01. The molecule has 9 atom stereocenters. The van der Waals surface area contributed by atoms with E-state index in [0.29, 0.717) is 19.0 Å². The quantitative estimate of drug-likeness (QED) is 0.120. The van der Waals surface area contributed by atoms with Gasteiger partial charge in [-0.3, -0.25) is 19.3 Å². The molecule has 0 aromatic heterocycles. The Morgan fingerprint density at radius 3 is 2.21 bits per heavy atom. The van der Waals surface area contributed by atoms with Crippen LogP contribution in [0.2, 0.25) is 0 Å². The molecule has 4 aliphatic heterocycles. The fraction of sp³-hybridized carbons (Fsp3) is 0.568. The van der Waals surface area contributed by atoms with Gasteiger partial charge in [0, 0.05) is 73.3 Å². The van der Waals surface area contributed by atoms with E-state index < -0.39 is 88.8 Å². The average Bonchev–Trinajstić information content (AvgIpc) is 3.45. The molecule has 4 aliphatic rings. The molecule has 0 spiro atoms. The van der Waals surface area contributed by atoms with Crippen molar-refractivity contribution in [2.45, 2.75) is 112 Å². The molecule has 0 aliphatic carbocycles. The first-order chi connectivity index (χ1) is 27.2. The van der Waals surface area contributed by atoms with Crippen molar-refractivity contribution in [3.05, 3.63) is 52.8 Å². The van der Waals surface area contributed by atoms with Crippen molar-refractivity contribution < 1.29 is 58.9 Å². The summed E-state index contributed by atoms with van der Waals surface area (Å²) >= 11 is 0. The van der Waals surface area contributed by atoms with Gasteiger partial charge in [0.2, 0.25) is 0 Å². The van der Waals surface area contributed by atoms with Crippen molar-refractivity contribution in [2.75, 3.05) is 25.5 Å². The lowest BCUT2D eigenvalue weighted by Crippen LogP contribution is -2.46. The van der Waals surface area contributed by atoms with Crippen molar-refractivity contribution >= 4 is 34.1 Å². The number of amides is 1. The summed E-state index contributed by atoms with van der Waals surface area (Å²) in [6.07, 6.45) is 5.56. The summed E-state index contributed by atoms with van der Waals surface area (Å²) in [4.78, 5) is 42.7. The smallest absolute Gasteiger partial charge is 0.312 e. The number of nitrogens with one attached hydrogen (secondary N) is 1. The highest BCUT2D eigenvalue weighted by molar-refractivity contribution is 6.22. The number of ether oxygens (including phenoxy) is 4. The first-order valence-electron chi connectivity index (χ1n) is 20.0. The van der Waals surface area contributed by atoms with Gasteiger partial charge in [-0.15, -0.1) is 0 Å². The van der Waals surface area contributed by atoms with Crippen LogP contribution in [0.4, 0.5) is 5.69 Å². The monoisotopic (exact) mass is 808 g/mol. The van der Waals surface area contributed by atoms with Gasteiger partial charge in [-0.2, -0.15) is 0 Å². The normalized spacial score (nSPS) is 30.6. The molecule has 2 aromatic carbocycles. The van der Waals surface area contributed by atoms with E-state index in [4.69, 9.17) is 18.9 Å². The number of Topliss-reactive ketones (excluding diaryl/α,β-unsaturated/α-hetero) is 1. The maximum Gasteiger partial charge on any atom is 0.312 e. The van der Waals surface area contributed by atoms with Crippen LogP contribution < -0.4 is 10.1 Å². The minimum Gasteiger partial charge on any atom is -0.507 e. The Morgan fingerprint density at radius 1 is 0.931 bits per heavy atom. The topological polar surface area (TPSA) is 205 Å². The van der Waals surface area contributed by atoms with Crippen molar-refractivity contribution in [1.82, 2.24) is 4.90 Å². The molecule has 318 valence electrons. The van der Waals surface area contributed by atoms with Gasteiger partial charge in [-0.05, 0) is 51.8 Å². The summed E-state index contributed by atoms with van der Waals surface area (Å²) in [6, 6.07) is 0. The molecule has 2 aromatic rings. The molecule has 6 rings (SSSR count). The van der Waals surface area contributed by atoms with Crippen LogP contribution in [0.3, 0.4) is 0 Å². The Morgan fingerprint density at radius 2 is 1.59 bits per heavy atom. The Balaban J connectivity index is 1.70. The first kappa shape index (κ1) is 44.5. The number of methoxy groups -OCH3 is 1. The Kier molecular flexibility index (Phi) is 13.6. The number of aliphatic hydroxyl groups excluding tert-OH is 2. The van der Waals surface area contributed by atoms with Crippen LogP contribution in [0.15, 0.2) is 36.1 Å². The summed E-state index contributed by atoms with van der Waals surface area (Å²) in [7, 11) is 1.45. The molecule has 14 nitrogen and oxygen atoms in total. The number of anilines is 1. The Labute approximate surface area is 340 Å². The summed E-state index contributed by atoms with van der Waals surface area (Å²) in [5.41, 5.74) is 0.229. The zero-order chi connectivity index (χ0) is 43.0. The fourth-order valence-electron chi connectivity index (χ4n) is 8.38. The number of carbonyl (C=O) groups excluding carboxylic acids is 3. The summed E-state index contributed by atoms with van der Waals surface area (Å²) in [5.74, 6) is -7.29. The van der Waals surface area contributed by atoms with Crippen molar-refractivity contribution in [3.63, 3.8) is 0 Å². The maximum atomic E-state index is 14.5. The number of rotatable bonds is 4. The molecule has 9 unspecified atom stereocenters. The highest BCUT2D eigenvalue weighted by atomic mass is 16.7. The van der Waals surface area contributed by atoms with Crippen LogP contribution in [0, 0.1) is 36.5 Å². The van der Waals surface area contributed by atoms with Crippen LogP contribution in [0.25, 0.3) is 10.8 Å². The summed E-state index contributed by atoms with van der Waals surface area (Å²) in [5, 5.41) is 61.0. The van der Waals surface area contributed by atoms with E-state index in [2.05, 4.69) is 17.1 Å². The predicted octanol–water partition coefficient (Wildman–Crippen LogP) is 5.99. The van der Waals surface area contributed by atoms with E-state index in [1.807, 2.05) is 0 Å². The average molecular weight is 809 g/mol. The number of allylic oxidation sites excluding steroid dienone is 2. The van der Waals surface area contributed by atoms with Crippen LogP contribution >= 0.6 is 0 Å². The molecule has 0 saturated carbocycles. The number of fused-ring (bicyclic) bond motifs is 14. The molecule has 5 bridgehead atoms. The van der Waals surface area contributed by atoms with Gasteiger partial charge < -0.3 is 49.8 Å². The van der Waals surface area contributed by atoms with Gasteiger partial charge in [0.1, 0.15) is 23.4 Å². The molecule has 6 N–H and O–H groups in total. The standard InChI is InChI=1S/C44H60N2O12/c1-21-14-17-46(18-15-21)20-29-34-39(52)32-31(38(29)51)33-41(27(7)37(32)50)58-44(9,42(33)53)56-19-16-30(55-10)24(4)40(57-28(8)47)26(6)36(49)25(5)35(48)22(2)12-11-13-23(3)43(54)45-34/h11-13,16,19,21-22,24-26,30,35-36,40,48-52H,14-15,17-18,20H2,1-10H3,(H,45,54). The van der Waals surface area contributed by atoms with Gasteiger partial charge in [0.25, 0.3) is 11.7 Å². The van der Waals surface area contributed by atoms with E-state index in [0.717, 1.165) is 12.8 Å². The van der Waals surface area contributed by atoms with E-state index in [1.165, 1.54) is 46.3 Å². The molecule has 1 fully saturated rings. The second-order valence-corrected chi connectivity index (χ2v) is 16.6. The lowest BCUT2D eigenvalue weighted by atomic mass is 9.78. The number of carbonyl (C=O) groups is 3. The third-order valence-electron chi connectivity index (χ3n) is 12.4. The zero-order valence-corrected chi connectivity index (χ0v) is 35.2. The minimum absolute atomic E-state index is 0.0499. The molecule has 1 amide bonds. The SMILES string of the molecule is COC1C=COC2(C)Oc3c(C)c(O)c4c(O)c(c(CN5CCC(C)CC5)c(O)c4c3C2=O)NC(=O)C(C)=CC=CC(C)C(O)C(C)C(O)C(C)C(OC(C)=O)C1C. The highest BCUT2D eigenvalue weighted by Crippen LogP contribution is 2.55. The second kappa shape index (κ2) is 17.7. The first-order valence-corrected chi connectivity index (χ1v) is 20.0. The lowest BCUT2D eigenvalue weighted by molar-refractivity contribution is -0.160. The third-order valence-corrected chi connectivity index (χ3v) is 12.4. The van der Waals surface area contributed by atoms with Gasteiger partial charge in [0.05, 0.1) is 41.2 Å². The molecular formula is C44H60N2O12. The van der Waals surface area contributed by atoms with E-state index in [-0.39, 0.29) is 51.0 Å². The number of aliphatic hydroxyl groups is 2. The number of hydrogen-bond donors (Lipinski definition) is 6. The number of esters is 1. The Bertz CT molecular complexity index is 2000. The third kappa shape index (κ3) is 8.56. The van der Waals surface area contributed by atoms with E-state index in [1.54, 1.807) is 46.8 Å². The number of piperidine rings is 1. The van der Waals surface area contributed by atoms with E-state index >= 15 is 0 Å². The summed E-state index contributed by atoms with van der Waals surface area (Å²) in [6.45, 7) is 16.3. The van der Waals surface area contributed by atoms with Gasteiger partial charge >= 0.3 is 11.8 Å². The molecule has 0 radical (unpaired) electrons. The second-order valence-electron chi connectivity index (χ2n) is 16.6. The maximum absolute atomic E-state index is 14.5. The number of likely N-dealkylation sites (tertiary alicyclic amines) is 1. The van der Waals surface area contributed by atoms with Crippen molar-refractivity contribution in [1.29, 1.82) is 0 Å². The zero-order valence-electron chi connectivity index (χ0n) is 35.2. The predicted molar refractivity (Wildman–Crippen MR) is 217 cm³/mol. The number of ketones is 1. The van der Waals surface area contributed by atoms with Crippen LogP contribution in [0.1, 0.15) is 89.7 Å². The highest BCUT2D eigenvalue weighted by Gasteiger charge is 2.50. The molecular weight excluding hydrogens is 748 g/mol. The number of hydrogen-bond acceptors (Lipinski definition) is 13. The number of phenolic OH excluding ortho intramolecular Hbond substituents is 3. The lowest BCUT2D eigenvalue weighted by Gasteiger charge is -2.38. The van der Waals surface area contributed by atoms with Crippen molar-refractivity contribution in [3.8, 4) is 23.0 Å². The van der Waals surface area contributed by atoms with Gasteiger partial charge in [0.15, 0.2) is 5.75 Å². The molecule has 4 heterocycles. The van der Waals surface area contributed by atoms with Crippen molar-refractivity contribution in [2.24, 2.45) is 29.6 Å². The van der Waals surface area contributed by atoms with E-state index in [9.17, 15) is 39.9 Å². The Hall–Kier alpha value is -4.63. The number of phenols is 3. The largest absolute Gasteiger partial charge is 0.507 e. The van der Waals surface area contributed by atoms with Gasteiger partial charge in [-0.25, -0.2) is 0 Å². The number of aromatic hydroxyl groups is 3. The molecule has 58 heavy (non-hydrogen) atoms. The van der Waals surface area contributed by atoms with Crippen LogP contribution in [-0.2, 0) is 30.3 Å². The number of benzene rings is 2.